The third-order valence-electron chi connectivity index (χ3n) is 6.73. The quantitative estimate of drug-likeness (QED) is 0.485. The summed E-state index contributed by atoms with van der Waals surface area (Å²) in [5.41, 5.74) is 1.99. The first-order valence-corrected chi connectivity index (χ1v) is 10.7. The van der Waals surface area contributed by atoms with Gasteiger partial charge in [0.25, 0.3) is 5.91 Å². The lowest BCUT2D eigenvalue weighted by Crippen LogP contribution is -2.48. The van der Waals surface area contributed by atoms with Gasteiger partial charge in [0.05, 0.1) is 22.1 Å². The highest BCUT2D eigenvalue weighted by Crippen LogP contribution is 2.48. The minimum Gasteiger partial charge on any atom is -0.509 e. The molecule has 0 atom stereocenters. The van der Waals surface area contributed by atoms with Gasteiger partial charge in [-0.1, -0.05) is 29.8 Å². The van der Waals surface area contributed by atoms with Crippen LogP contribution in [0.4, 0.5) is 17.6 Å². The van der Waals surface area contributed by atoms with Crippen LogP contribution in [0.2, 0.25) is 5.02 Å². The molecule has 4 rings (SSSR count). The van der Waals surface area contributed by atoms with Gasteiger partial charge >= 0.3 is 6.18 Å². The molecule has 1 spiro atoms. The van der Waals surface area contributed by atoms with E-state index in [0.29, 0.717) is 22.3 Å². The SMILES string of the molecule is Cc1ccc(-c2ccc(Cl)c(F)c2)c(C)c1C1=C(O)[C@]2(CC[C@H](C(F)(F)F)CC2)NC1=O. The highest BCUT2D eigenvalue weighted by Gasteiger charge is 2.52. The summed E-state index contributed by atoms with van der Waals surface area (Å²) in [6, 6.07) is 7.97. The summed E-state index contributed by atoms with van der Waals surface area (Å²) in [6.45, 7) is 3.55. The number of hydrogen-bond donors (Lipinski definition) is 2. The Morgan fingerprint density at radius 3 is 2.38 bits per heavy atom. The molecule has 1 aliphatic carbocycles. The largest absolute Gasteiger partial charge is 0.509 e. The molecule has 2 aromatic carbocycles. The van der Waals surface area contributed by atoms with E-state index in [4.69, 9.17) is 11.6 Å². The Balaban J connectivity index is 1.78. The van der Waals surface area contributed by atoms with Gasteiger partial charge in [0.1, 0.15) is 11.6 Å². The van der Waals surface area contributed by atoms with E-state index < -0.39 is 29.4 Å². The first-order chi connectivity index (χ1) is 14.9. The lowest BCUT2D eigenvalue weighted by molar-refractivity contribution is -0.184. The monoisotopic (exact) mass is 467 g/mol. The van der Waals surface area contributed by atoms with Crippen molar-refractivity contribution < 1.29 is 27.5 Å². The van der Waals surface area contributed by atoms with Crippen LogP contribution in [0.3, 0.4) is 0 Å². The van der Waals surface area contributed by atoms with Crippen molar-refractivity contribution >= 4 is 23.1 Å². The molecule has 1 aliphatic heterocycles. The van der Waals surface area contributed by atoms with Crippen LogP contribution in [-0.2, 0) is 4.79 Å². The maximum Gasteiger partial charge on any atom is 0.391 e. The Morgan fingerprint density at radius 2 is 1.78 bits per heavy atom. The predicted molar refractivity (Wildman–Crippen MR) is 115 cm³/mol. The second-order valence-electron chi connectivity index (χ2n) is 8.63. The van der Waals surface area contributed by atoms with Crippen LogP contribution < -0.4 is 5.32 Å². The Labute approximate surface area is 188 Å². The van der Waals surface area contributed by atoms with E-state index in [2.05, 4.69) is 5.32 Å². The molecule has 0 saturated heterocycles. The molecule has 2 N–H and O–H groups in total. The normalized spacial score (nSPS) is 23.7. The molecule has 1 saturated carbocycles. The number of rotatable bonds is 2. The molecule has 2 aliphatic rings. The number of aliphatic hydroxyl groups is 1. The molecule has 0 bridgehead atoms. The standard InChI is InChI=1S/C24H22ClF4NO2/c1-12-3-5-16(14-4-6-17(25)18(26)11-14)13(2)19(12)20-21(31)23(30-22(20)32)9-7-15(8-10-23)24(27,28)29/h3-6,11,15,31H,7-10H2,1-2H3,(H,30,32)/t15-,23+. The van der Waals surface area contributed by atoms with Gasteiger partial charge in [0, 0.05) is 0 Å². The molecule has 1 heterocycles. The van der Waals surface area contributed by atoms with Crippen LogP contribution in [-0.4, -0.2) is 22.7 Å². The number of alkyl halides is 3. The molecule has 0 aromatic heterocycles. The van der Waals surface area contributed by atoms with E-state index in [0.717, 1.165) is 5.56 Å². The number of amides is 1. The summed E-state index contributed by atoms with van der Waals surface area (Å²) in [5.74, 6) is -2.74. The smallest absolute Gasteiger partial charge is 0.391 e. The van der Waals surface area contributed by atoms with E-state index in [9.17, 15) is 27.5 Å². The molecule has 8 heteroatoms. The molecule has 3 nitrogen and oxygen atoms in total. The lowest BCUT2D eigenvalue weighted by atomic mass is 9.75. The van der Waals surface area contributed by atoms with Gasteiger partial charge in [-0.05, 0) is 79.5 Å². The maximum absolute atomic E-state index is 14.0. The van der Waals surface area contributed by atoms with E-state index in [1.54, 1.807) is 32.0 Å². The third kappa shape index (κ3) is 3.66. The Bertz CT molecular complexity index is 1130. The molecule has 1 amide bonds. The van der Waals surface area contributed by atoms with E-state index in [1.165, 1.54) is 12.1 Å². The van der Waals surface area contributed by atoms with Crippen molar-refractivity contribution in [3.05, 3.63) is 63.6 Å². The Kier molecular flexibility index (Phi) is 5.52. The number of aliphatic hydroxyl groups excluding tert-OH is 1. The van der Waals surface area contributed by atoms with Crippen molar-refractivity contribution in [1.82, 2.24) is 5.32 Å². The van der Waals surface area contributed by atoms with Crippen LogP contribution in [0, 0.1) is 25.6 Å². The summed E-state index contributed by atoms with van der Waals surface area (Å²) >= 11 is 5.79. The zero-order chi connectivity index (χ0) is 23.4. The highest BCUT2D eigenvalue weighted by molar-refractivity contribution is 6.30. The number of nitrogens with one attached hydrogen (secondary N) is 1. The van der Waals surface area contributed by atoms with Gasteiger partial charge in [0.15, 0.2) is 0 Å². The van der Waals surface area contributed by atoms with Crippen molar-refractivity contribution in [2.45, 2.75) is 51.2 Å². The van der Waals surface area contributed by atoms with Gasteiger partial charge in [-0.15, -0.1) is 0 Å². The zero-order valence-electron chi connectivity index (χ0n) is 17.5. The van der Waals surface area contributed by atoms with E-state index in [-0.39, 0.29) is 42.0 Å². The average molecular weight is 468 g/mol. The fourth-order valence-corrected chi connectivity index (χ4v) is 5.04. The van der Waals surface area contributed by atoms with Gasteiger partial charge in [-0.3, -0.25) is 4.79 Å². The number of hydrogen-bond acceptors (Lipinski definition) is 2. The minimum absolute atomic E-state index is 0.00865. The van der Waals surface area contributed by atoms with Gasteiger partial charge in [-0.2, -0.15) is 13.2 Å². The van der Waals surface area contributed by atoms with Crippen molar-refractivity contribution in [3.8, 4) is 11.1 Å². The summed E-state index contributed by atoms with van der Waals surface area (Å²) in [7, 11) is 0. The molecule has 170 valence electrons. The van der Waals surface area contributed by atoms with Gasteiger partial charge < -0.3 is 10.4 Å². The van der Waals surface area contributed by atoms with E-state index >= 15 is 0 Å². The second-order valence-corrected chi connectivity index (χ2v) is 9.04. The molecule has 1 fully saturated rings. The predicted octanol–water partition coefficient (Wildman–Crippen LogP) is 6.65. The fraction of sp³-hybridized carbons (Fsp3) is 0.375. The van der Waals surface area contributed by atoms with Gasteiger partial charge in [-0.25, -0.2) is 4.39 Å². The van der Waals surface area contributed by atoms with Crippen LogP contribution in [0.25, 0.3) is 16.7 Å². The first kappa shape index (κ1) is 22.6. The number of carbonyl (C=O) groups is 1. The van der Waals surface area contributed by atoms with Crippen molar-refractivity contribution in [2.75, 3.05) is 0 Å². The summed E-state index contributed by atoms with van der Waals surface area (Å²) in [5, 5.41) is 13.9. The summed E-state index contributed by atoms with van der Waals surface area (Å²) in [4.78, 5) is 13.0. The molecular formula is C24H22ClF4NO2. The van der Waals surface area contributed by atoms with Crippen LogP contribution >= 0.6 is 11.6 Å². The average Bonchev–Trinajstić information content (AvgIpc) is 2.94. The Hall–Kier alpha value is -2.54. The lowest BCUT2D eigenvalue weighted by Gasteiger charge is -2.37. The van der Waals surface area contributed by atoms with Crippen LogP contribution in [0.1, 0.15) is 42.4 Å². The molecule has 0 radical (unpaired) electrons. The number of halogens is 5. The highest BCUT2D eigenvalue weighted by atomic mass is 35.5. The van der Waals surface area contributed by atoms with Crippen LogP contribution in [0.5, 0.6) is 0 Å². The zero-order valence-corrected chi connectivity index (χ0v) is 18.3. The van der Waals surface area contributed by atoms with Crippen molar-refractivity contribution in [3.63, 3.8) is 0 Å². The number of aryl methyl sites for hydroxylation is 1. The van der Waals surface area contributed by atoms with Gasteiger partial charge in [0.2, 0.25) is 0 Å². The van der Waals surface area contributed by atoms with Crippen LogP contribution in [0.15, 0.2) is 36.1 Å². The van der Waals surface area contributed by atoms with Crippen molar-refractivity contribution in [2.24, 2.45) is 5.92 Å². The Morgan fingerprint density at radius 1 is 1.12 bits per heavy atom. The maximum atomic E-state index is 14.0. The third-order valence-corrected chi connectivity index (χ3v) is 7.03. The van der Waals surface area contributed by atoms with Crippen molar-refractivity contribution in [1.29, 1.82) is 0 Å². The molecule has 32 heavy (non-hydrogen) atoms. The number of benzene rings is 2. The second kappa shape index (κ2) is 7.80. The van der Waals surface area contributed by atoms with E-state index in [1.807, 2.05) is 0 Å². The molecular weight excluding hydrogens is 446 g/mol. The number of carbonyl (C=O) groups excluding carboxylic acids is 1. The first-order valence-electron chi connectivity index (χ1n) is 10.3. The minimum atomic E-state index is -4.29. The molecule has 2 aromatic rings. The summed E-state index contributed by atoms with van der Waals surface area (Å²) in [6.07, 6.45) is -4.59. The topological polar surface area (TPSA) is 49.3 Å². The fourth-order valence-electron chi connectivity index (χ4n) is 4.93. The summed E-state index contributed by atoms with van der Waals surface area (Å²) < 4.78 is 53.3. The molecule has 0 unspecified atom stereocenters.